The summed E-state index contributed by atoms with van der Waals surface area (Å²) < 4.78 is 6.03. The molecule has 5 aromatic rings. The quantitative estimate of drug-likeness (QED) is 0.0643. The molecule has 0 unspecified atom stereocenters. The summed E-state index contributed by atoms with van der Waals surface area (Å²) in [5, 5.41) is 13.1. The topological polar surface area (TPSA) is 42.4 Å². The molecule has 1 aliphatic rings. The highest BCUT2D eigenvalue weighted by Gasteiger charge is 2.43. The van der Waals surface area contributed by atoms with Crippen molar-refractivity contribution in [1.82, 2.24) is 4.98 Å². The minimum absolute atomic E-state index is 0.0344. The van der Waals surface area contributed by atoms with Crippen molar-refractivity contribution < 1.29 is 9.76 Å². The largest absolute Gasteiger partial charge is 0.427 e. The molecule has 4 aromatic carbocycles. The lowest BCUT2D eigenvalue weighted by Gasteiger charge is -2.37. The Labute approximate surface area is 327 Å². The number of fused-ring (bicyclic) bond motifs is 4. The van der Waals surface area contributed by atoms with Gasteiger partial charge in [0.2, 0.25) is 0 Å². The first-order valence-corrected chi connectivity index (χ1v) is 21.0. The van der Waals surface area contributed by atoms with Crippen molar-refractivity contribution in [1.29, 1.82) is 0 Å². The molecule has 1 aliphatic carbocycles. The molecule has 1 N–H and O–H groups in total. The van der Waals surface area contributed by atoms with Gasteiger partial charge in [0, 0.05) is 17.2 Å². The SMILES string of the molecule is CCCCCCCCC1(CCCCCCCC)c2cc(-c3ccc4ccccc4c3)ccc2-c2ccc(-c3ccc([B]OC(C)(C)C(C)(C)O)cn3)cc21. The van der Waals surface area contributed by atoms with Crippen molar-refractivity contribution in [3.63, 3.8) is 0 Å². The number of hydrogen-bond donors (Lipinski definition) is 1. The lowest BCUT2D eigenvalue weighted by atomic mass is 9.70. The van der Waals surface area contributed by atoms with E-state index in [0.717, 1.165) is 16.7 Å². The fourth-order valence-corrected chi connectivity index (χ4v) is 8.29. The van der Waals surface area contributed by atoms with Crippen LogP contribution in [0.4, 0.5) is 0 Å². The number of aliphatic hydroxyl groups is 1. The molecule has 3 nitrogen and oxygen atoms in total. The van der Waals surface area contributed by atoms with Crippen LogP contribution in [0.5, 0.6) is 0 Å². The van der Waals surface area contributed by atoms with E-state index >= 15 is 0 Å². The number of pyridine rings is 1. The number of hydrogen-bond acceptors (Lipinski definition) is 3. The summed E-state index contributed by atoms with van der Waals surface area (Å²) in [6.07, 6.45) is 19.8. The van der Waals surface area contributed by atoms with Gasteiger partial charge in [-0.1, -0.05) is 158 Å². The molecule has 283 valence electrons. The van der Waals surface area contributed by atoms with E-state index in [1.165, 1.54) is 134 Å². The molecule has 6 rings (SSSR count). The number of benzene rings is 4. The van der Waals surface area contributed by atoms with E-state index in [-0.39, 0.29) is 5.41 Å². The third-order valence-electron chi connectivity index (χ3n) is 12.4. The first kappa shape index (κ1) is 40.0. The molecule has 54 heavy (non-hydrogen) atoms. The van der Waals surface area contributed by atoms with Gasteiger partial charge in [-0.2, -0.15) is 0 Å². The summed E-state index contributed by atoms with van der Waals surface area (Å²) in [4.78, 5) is 4.95. The maximum Gasteiger partial charge on any atom is 0.332 e. The molecule has 0 spiro atoms. The Hall–Kier alpha value is -3.73. The molecule has 4 heteroatoms. The Morgan fingerprint density at radius 2 is 1.13 bits per heavy atom. The fourth-order valence-electron chi connectivity index (χ4n) is 8.29. The average molecular weight is 721 g/mol. The molecule has 0 atom stereocenters. The number of rotatable bonds is 20. The Bertz CT molecular complexity index is 1960. The Morgan fingerprint density at radius 3 is 1.72 bits per heavy atom. The van der Waals surface area contributed by atoms with Crippen LogP contribution >= 0.6 is 0 Å². The molecule has 1 radical (unpaired) electrons. The molecule has 0 saturated carbocycles. The highest BCUT2D eigenvalue weighted by atomic mass is 16.5. The van der Waals surface area contributed by atoms with E-state index in [1.807, 2.05) is 20.0 Å². The van der Waals surface area contributed by atoms with Gasteiger partial charge < -0.3 is 9.76 Å². The van der Waals surface area contributed by atoms with Gasteiger partial charge in [-0.15, -0.1) is 0 Å². The smallest absolute Gasteiger partial charge is 0.332 e. The average Bonchev–Trinajstić information content (AvgIpc) is 3.44. The van der Waals surface area contributed by atoms with Crippen molar-refractivity contribution in [2.45, 2.75) is 148 Å². The van der Waals surface area contributed by atoms with Crippen LogP contribution in [-0.2, 0) is 10.1 Å². The van der Waals surface area contributed by atoms with E-state index in [1.54, 1.807) is 21.3 Å². The van der Waals surface area contributed by atoms with Crippen molar-refractivity contribution in [3.05, 3.63) is 108 Å². The predicted octanol–water partition coefficient (Wildman–Crippen LogP) is 13.1. The van der Waals surface area contributed by atoms with Gasteiger partial charge in [0.1, 0.15) is 0 Å². The van der Waals surface area contributed by atoms with Gasteiger partial charge in [-0.05, 0) is 114 Å². The summed E-state index contributed by atoms with van der Waals surface area (Å²) in [6.45, 7) is 12.0. The Kier molecular flexibility index (Phi) is 13.2. The minimum atomic E-state index is -0.980. The van der Waals surface area contributed by atoms with Gasteiger partial charge in [-0.25, -0.2) is 0 Å². The number of unbranched alkanes of at least 4 members (excludes halogenated alkanes) is 10. The van der Waals surface area contributed by atoms with Crippen LogP contribution in [0.1, 0.15) is 143 Å². The Balaban J connectivity index is 1.37. The zero-order valence-corrected chi connectivity index (χ0v) is 34.0. The second-order valence-electron chi connectivity index (χ2n) is 17.0. The monoisotopic (exact) mass is 720 g/mol. The highest BCUT2D eigenvalue weighted by Crippen LogP contribution is 2.55. The van der Waals surface area contributed by atoms with Crippen LogP contribution in [0.15, 0.2) is 97.2 Å². The van der Waals surface area contributed by atoms with Crippen LogP contribution in [0.2, 0.25) is 0 Å². The highest BCUT2D eigenvalue weighted by molar-refractivity contribution is 6.46. The van der Waals surface area contributed by atoms with Crippen molar-refractivity contribution in [2.24, 2.45) is 0 Å². The lowest BCUT2D eigenvalue weighted by Crippen LogP contribution is -2.49. The van der Waals surface area contributed by atoms with Crippen LogP contribution in [0.3, 0.4) is 0 Å². The summed E-state index contributed by atoms with van der Waals surface area (Å²) in [5.41, 5.74) is 9.67. The summed E-state index contributed by atoms with van der Waals surface area (Å²) in [6, 6.07) is 34.3. The molecule has 0 amide bonds. The maximum atomic E-state index is 10.6. The van der Waals surface area contributed by atoms with E-state index < -0.39 is 11.2 Å². The molecule has 0 saturated heterocycles. The molecule has 0 fully saturated rings. The first-order valence-electron chi connectivity index (χ1n) is 21.0. The van der Waals surface area contributed by atoms with Crippen LogP contribution in [0, 0.1) is 0 Å². The van der Waals surface area contributed by atoms with E-state index in [9.17, 15) is 5.11 Å². The Morgan fingerprint density at radius 1 is 0.593 bits per heavy atom. The molecular weight excluding hydrogens is 657 g/mol. The second-order valence-corrected chi connectivity index (χ2v) is 17.0. The van der Waals surface area contributed by atoms with E-state index in [4.69, 9.17) is 9.64 Å². The third-order valence-corrected chi connectivity index (χ3v) is 12.4. The zero-order chi connectivity index (χ0) is 38.2. The molecular formula is C50H63BNO2. The molecule has 1 aromatic heterocycles. The normalized spacial score (nSPS) is 13.6. The number of aromatic nitrogens is 1. The van der Waals surface area contributed by atoms with Gasteiger partial charge in [0.15, 0.2) is 0 Å². The van der Waals surface area contributed by atoms with Gasteiger partial charge in [0.25, 0.3) is 0 Å². The fraction of sp³-hybridized carbons (Fsp3) is 0.460. The third kappa shape index (κ3) is 9.04. The summed E-state index contributed by atoms with van der Waals surface area (Å²) in [7, 11) is 1.72. The second kappa shape index (κ2) is 17.8. The molecule has 0 bridgehead atoms. The molecule has 0 aliphatic heterocycles. The van der Waals surface area contributed by atoms with Crippen molar-refractivity contribution >= 4 is 23.7 Å². The minimum Gasteiger partial charge on any atom is -0.427 e. The van der Waals surface area contributed by atoms with Crippen LogP contribution < -0.4 is 5.46 Å². The van der Waals surface area contributed by atoms with Gasteiger partial charge >= 0.3 is 7.48 Å². The van der Waals surface area contributed by atoms with Crippen LogP contribution in [0.25, 0.3) is 44.3 Å². The van der Waals surface area contributed by atoms with Crippen molar-refractivity contribution in [3.8, 4) is 33.5 Å². The van der Waals surface area contributed by atoms with E-state index in [2.05, 4.69) is 105 Å². The van der Waals surface area contributed by atoms with Gasteiger partial charge in [0.05, 0.1) is 16.9 Å². The number of nitrogens with zero attached hydrogens (tertiary/aromatic N) is 1. The van der Waals surface area contributed by atoms with Crippen LogP contribution in [-0.4, -0.2) is 28.8 Å². The lowest BCUT2D eigenvalue weighted by molar-refractivity contribution is -0.0893. The van der Waals surface area contributed by atoms with Gasteiger partial charge in [-0.3, -0.25) is 4.98 Å². The zero-order valence-electron chi connectivity index (χ0n) is 34.0. The summed E-state index contributed by atoms with van der Waals surface area (Å²) in [5.74, 6) is 0. The maximum absolute atomic E-state index is 10.6. The van der Waals surface area contributed by atoms with Crippen molar-refractivity contribution in [2.75, 3.05) is 0 Å². The first-order chi connectivity index (χ1) is 26.1. The predicted molar refractivity (Wildman–Crippen MR) is 232 cm³/mol. The molecule has 1 heterocycles. The summed E-state index contributed by atoms with van der Waals surface area (Å²) >= 11 is 0. The standard InChI is InChI=1S/C50H63BNO2/c1-7-9-11-13-15-19-31-50(32-20-16-14-12-10-8-2)45-34-40(39-24-23-37-21-17-18-22-38(37)33-39)25-28-43(45)44-29-26-41(35-46(44)50)47-30-27-42(36-52-47)51-54-49(5,6)48(3,4)53/h17-18,21-30,33-36,53H,7-16,19-20,31-32H2,1-6H3. The van der Waals surface area contributed by atoms with E-state index in [0.29, 0.717) is 0 Å².